The van der Waals surface area contributed by atoms with Crippen LogP contribution in [0.15, 0.2) is 12.7 Å². The third kappa shape index (κ3) is 3.08. The van der Waals surface area contributed by atoms with Crippen molar-refractivity contribution in [2.24, 2.45) is 0 Å². The van der Waals surface area contributed by atoms with Crippen molar-refractivity contribution in [3.8, 4) is 0 Å². The predicted octanol–water partition coefficient (Wildman–Crippen LogP) is 0.390. The molecule has 0 saturated carbocycles. The summed E-state index contributed by atoms with van der Waals surface area (Å²) in [5.74, 6) is 0.428. The van der Waals surface area contributed by atoms with E-state index in [1.165, 1.54) is 17.3 Å². The number of nitrogens with one attached hydrogen (secondary N) is 1. The zero-order valence-electron chi connectivity index (χ0n) is 12.0. The van der Waals surface area contributed by atoms with Crippen molar-refractivity contribution in [3.05, 3.63) is 24.0 Å². The van der Waals surface area contributed by atoms with Crippen LogP contribution in [0.1, 0.15) is 11.4 Å². The molecule has 0 aliphatic carbocycles. The van der Waals surface area contributed by atoms with Gasteiger partial charge in [0.15, 0.2) is 0 Å². The molecule has 0 aliphatic heterocycles. The van der Waals surface area contributed by atoms with E-state index >= 15 is 0 Å². The molecule has 0 spiro atoms. The Hall–Kier alpha value is -2.51. The average molecular weight is 275 g/mol. The van der Waals surface area contributed by atoms with Crippen LogP contribution in [0.5, 0.6) is 0 Å². The minimum atomic E-state index is -0.192. The van der Waals surface area contributed by atoms with Crippen molar-refractivity contribution in [1.29, 1.82) is 0 Å². The Morgan fingerprint density at radius 2 is 1.95 bits per heavy atom. The highest BCUT2D eigenvalue weighted by Crippen LogP contribution is 2.19. The van der Waals surface area contributed by atoms with Gasteiger partial charge >= 0.3 is 0 Å². The maximum Gasteiger partial charge on any atom is 0.246 e. The molecule has 0 unspecified atom stereocenters. The monoisotopic (exact) mass is 275 g/mol. The largest absolute Gasteiger partial charge is 0.347 e. The van der Waals surface area contributed by atoms with Crippen LogP contribution in [-0.4, -0.2) is 44.7 Å². The number of hydrogen-bond donors (Lipinski definition) is 1. The average Bonchev–Trinajstić information content (AvgIpc) is 2.86. The molecule has 0 aromatic carbocycles. The molecular formula is C12H17N7O. The lowest BCUT2D eigenvalue weighted by Crippen LogP contribution is -2.22. The van der Waals surface area contributed by atoms with Crippen LogP contribution < -0.4 is 10.2 Å². The van der Waals surface area contributed by atoms with Gasteiger partial charge in [0.2, 0.25) is 11.9 Å². The second-order valence-corrected chi connectivity index (χ2v) is 4.61. The third-order valence-electron chi connectivity index (χ3n) is 2.70. The van der Waals surface area contributed by atoms with E-state index in [1.807, 2.05) is 32.8 Å². The number of rotatable bonds is 4. The Balaban J connectivity index is 2.15. The molecule has 2 aromatic rings. The van der Waals surface area contributed by atoms with Crippen molar-refractivity contribution >= 4 is 17.5 Å². The van der Waals surface area contributed by atoms with Gasteiger partial charge in [-0.05, 0) is 13.8 Å². The lowest BCUT2D eigenvalue weighted by molar-refractivity contribution is -0.116. The molecule has 2 heterocycles. The zero-order chi connectivity index (χ0) is 14.7. The van der Waals surface area contributed by atoms with Crippen LogP contribution in [0, 0.1) is 13.8 Å². The summed E-state index contributed by atoms with van der Waals surface area (Å²) in [7, 11) is 3.74. The second-order valence-electron chi connectivity index (χ2n) is 4.61. The fourth-order valence-corrected chi connectivity index (χ4v) is 1.72. The van der Waals surface area contributed by atoms with E-state index < -0.39 is 0 Å². The van der Waals surface area contributed by atoms with Crippen LogP contribution in [0.4, 0.5) is 11.6 Å². The molecule has 106 valence electrons. The molecule has 2 rings (SSSR count). The highest BCUT2D eigenvalue weighted by molar-refractivity contribution is 5.91. The summed E-state index contributed by atoms with van der Waals surface area (Å²) in [4.78, 5) is 26.2. The molecular weight excluding hydrogens is 258 g/mol. The van der Waals surface area contributed by atoms with Crippen LogP contribution in [0.2, 0.25) is 0 Å². The van der Waals surface area contributed by atoms with Gasteiger partial charge in [-0.25, -0.2) is 19.6 Å². The van der Waals surface area contributed by atoms with Crippen molar-refractivity contribution < 1.29 is 4.79 Å². The Labute approximate surface area is 116 Å². The fourth-order valence-electron chi connectivity index (χ4n) is 1.72. The van der Waals surface area contributed by atoms with Crippen molar-refractivity contribution in [1.82, 2.24) is 24.7 Å². The highest BCUT2D eigenvalue weighted by Gasteiger charge is 2.13. The molecule has 1 amide bonds. The first-order chi connectivity index (χ1) is 9.47. The summed E-state index contributed by atoms with van der Waals surface area (Å²) in [6.45, 7) is 3.79. The Bertz CT molecular complexity index is 583. The van der Waals surface area contributed by atoms with E-state index in [0.29, 0.717) is 11.6 Å². The lowest BCUT2D eigenvalue weighted by atomic mass is 10.3. The number of carbonyl (C=O) groups is 1. The molecule has 0 atom stereocenters. The molecule has 2 aromatic heterocycles. The minimum absolute atomic E-state index is 0.105. The Kier molecular flexibility index (Phi) is 3.92. The van der Waals surface area contributed by atoms with Crippen molar-refractivity contribution in [3.63, 3.8) is 0 Å². The molecule has 0 fully saturated rings. The number of aromatic nitrogens is 5. The second kappa shape index (κ2) is 5.64. The van der Waals surface area contributed by atoms with Gasteiger partial charge in [-0.15, -0.1) is 0 Å². The van der Waals surface area contributed by atoms with Gasteiger partial charge in [-0.1, -0.05) is 0 Å². The predicted molar refractivity (Wildman–Crippen MR) is 74.5 cm³/mol. The van der Waals surface area contributed by atoms with Gasteiger partial charge in [0.1, 0.15) is 19.2 Å². The standard InChI is InChI=1S/C12H17N7O/c1-8-11(9(2)16-12(15-8)18(3)4)17-10(20)5-19-7-13-6-14-19/h6-7H,5H2,1-4H3,(H,17,20). The van der Waals surface area contributed by atoms with Gasteiger partial charge in [-0.2, -0.15) is 5.10 Å². The van der Waals surface area contributed by atoms with Crippen molar-refractivity contribution in [2.45, 2.75) is 20.4 Å². The summed E-state index contributed by atoms with van der Waals surface area (Å²) in [6, 6.07) is 0. The lowest BCUT2D eigenvalue weighted by Gasteiger charge is -2.15. The molecule has 8 heteroatoms. The van der Waals surface area contributed by atoms with E-state index in [2.05, 4.69) is 25.4 Å². The first-order valence-electron chi connectivity index (χ1n) is 6.12. The summed E-state index contributed by atoms with van der Waals surface area (Å²) in [5, 5.41) is 6.70. The summed E-state index contributed by atoms with van der Waals surface area (Å²) < 4.78 is 1.45. The van der Waals surface area contributed by atoms with Crippen LogP contribution in [-0.2, 0) is 11.3 Å². The van der Waals surface area contributed by atoms with Gasteiger partial charge in [0.25, 0.3) is 0 Å². The van der Waals surface area contributed by atoms with Crippen LogP contribution >= 0.6 is 0 Å². The Morgan fingerprint density at radius 1 is 1.30 bits per heavy atom. The van der Waals surface area contributed by atoms with Gasteiger partial charge in [0, 0.05) is 14.1 Å². The maximum absolute atomic E-state index is 11.9. The Morgan fingerprint density at radius 3 is 2.45 bits per heavy atom. The molecule has 20 heavy (non-hydrogen) atoms. The topological polar surface area (TPSA) is 88.8 Å². The van der Waals surface area contributed by atoms with E-state index in [4.69, 9.17) is 0 Å². The van der Waals surface area contributed by atoms with E-state index in [1.54, 1.807) is 0 Å². The molecule has 1 N–H and O–H groups in total. The fraction of sp³-hybridized carbons (Fsp3) is 0.417. The van der Waals surface area contributed by atoms with Crippen LogP contribution in [0.3, 0.4) is 0 Å². The zero-order valence-corrected chi connectivity index (χ0v) is 12.0. The van der Waals surface area contributed by atoms with Crippen molar-refractivity contribution in [2.75, 3.05) is 24.3 Å². The van der Waals surface area contributed by atoms with E-state index in [-0.39, 0.29) is 12.5 Å². The smallest absolute Gasteiger partial charge is 0.246 e. The number of carbonyl (C=O) groups excluding carboxylic acids is 1. The van der Waals surface area contributed by atoms with Gasteiger partial charge < -0.3 is 10.2 Å². The first-order valence-corrected chi connectivity index (χ1v) is 6.12. The SMILES string of the molecule is Cc1nc(N(C)C)nc(C)c1NC(=O)Cn1cncn1. The molecule has 0 aliphatic rings. The molecule has 0 radical (unpaired) electrons. The first kappa shape index (κ1) is 13.9. The third-order valence-corrected chi connectivity index (χ3v) is 2.70. The maximum atomic E-state index is 11.9. The van der Waals surface area contributed by atoms with Crippen LogP contribution in [0.25, 0.3) is 0 Å². The number of aryl methyl sites for hydroxylation is 2. The molecule has 0 bridgehead atoms. The van der Waals surface area contributed by atoms with Gasteiger partial charge in [-0.3, -0.25) is 4.79 Å². The normalized spacial score (nSPS) is 10.4. The quantitative estimate of drug-likeness (QED) is 0.868. The molecule has 8 nitrogen and oxygen atoms in total. The number of amides is 1. The summed E-state index contributed by atoms with van der Waals surface area (Å²) in [5.41, 5.74) is 2.10. The molecule has 0 saturated heterocycles. The number of anilines is 2. The number of hydrogen-bond acceptors (Lipinski definition) is 6. The summed E-state index contributed by atoms with van der Waals surface area (Å²) >= 11 is 0. The highest BCUT2D eigenvalue weighted by atomic mass is 16.2. The minimum Gasteiger partial charge on any atom is -0.347 e. The van der Waals surface area contributed by atoms with Gasteiger partial charge in [0.05, 0.1) is 17.1 Å². The van der Waals surface area contributed by atoms with E-state index in [9.17, 15) is 4.79 Å². The van der Waals surface area contributed by atoms with E-state index in [0.717, 1.165) is 11.4 Å². The number of nitrogens with zero attached hydrogens (tertiary/aromatic N) is 6. The summed E-state index contributed by atoms with van der Waals surface area (Å²) in [6.07, 6.45) is 2.88.